The van der Waals surface area contributed by atoms with E-state index < -0.39 is 0 Å². The van der Waals surface area contributed by atoms with Gasteiger partial charge in [0.15, 0.2) is 4.77 Å². The molecule has 4 nitrogen and oxygen atoms in total. The quantitative estimate of drug-likeness (QED) is 0.637. The molecule has 1 rings (SSSR count). The van der Waals surface area contributed by atoms with E-state index in [-0.39, 0.29) is 5.41 Å². The number of imidazole rings is 1. The predicted molar refractivity (Wildman–Crippen MR) is 77.7 cm³/mol. The maximum absolute atomic E-state index is 5.62. The van der Waals surface area contributed by atoms with E-state index in [2.05, 4.69) is 35.2 Å². The van der Waals surface area contributed by atoms with Crippen molar-refractivity contribution in [3.63, 3.8) is 0 Å². The van der Waals surface area contributed by atoms with Gasteiger partial charge in [0.2, 0.25) is 0 Å². The highest BCUT2D eigenvalue weighted by Gasteiger charge is 2.18. The van der Waals surface area contributed by atoms with Gasteiger partial charge in [-0.3, -0.25) is 0 Å². The first-order valence-corrected chi connectivity index (χ1v) is 6.74. The van der Waals surface area contributed by atoms with E-state index in [0.29, 0.717) is 6.61 Å². The molecule has 0 spiro atoms. The molecule has 0 bridgehead atoms. The van der Waals surface area contributed by atoms with Crippen LogP contribution in [0.5, 0.6) is 0 Å². The van der Waals surface area contributed by atoms with Crippen molar-refractivity contribution in [3.05, 3.63) is 16.7 Å². The Morgan fingerprint density at radius 3 is 2.56 bits per heavy atom. The Kier molecular flexibility index (Phi) is 5.56. The first kappa shape index (κ1) is 15.4. The van der Waals surface area contributed by atoms with Crippen LogP contribution in [0.1, 0.15) is 26.5 Å². The molecule has 0 aliphatic carbocycles. The summed E-state index contributed by atoms with van der Waals surface area (Å²) in [6, 6.07) is 0. The number of likely N-dealkylation sites (N-methyl/N-ethyl adjacent to an activating group) is 1. The van der Waals surface area contributed by atoms with Gasteiger partial charge in [-0.2, -0.15) is 0 Å². The number of aromatic amines is 1. The molecule has 0 aromatic carbocycles. The SMILES string of the molecule is CN(C)CCOCCn1c(C(C)(C)C)c[nH]c1=S. The topological polar surface area (TPSA) is 33.2 Å². The molecule has 0 radical (unpaired) electrons. The Balaban J connectivity index is 2.52. The maximum atomic E-state index is 5.62. The fourth-order valence-electron chi connectivity index (χ4n) is 1.74. The van der Waals surface area contributed by atoms with Gasteiger partial charge in [0.05, 0.1) is 13.2 Å². The number of ether oxygens (including phenoxy) is 1. The molecule has 0 saturated heterocycles. The molecule has 0 unspecified atom stereocenters. The minimum atomic E-state index is 0.0944. The summed E-state index contributed by atoms with van der Waals surface area (Å²) >= 11 is 5.30. The Morgan fingerprint density at radius 1 is 1.33 bits per heavy atom. The highest BCUT2D eigenvalue weighted by molar-refractivity contribution is 7.71. The average molecular weight is 271 g/mol. The number of nitrogens with one attached hydrogen (secondary N) is 1. The van der Waals surface area contributed by atoms with Crippen LogP contribution in [0.4, 0.5) is 0 Å². The molecule has 1 aromatic rings. The van der Waals surface area contributed by atoms with Crippen LogP contribution in [0.15, 0.2) is 6.20 Å². The standard InChI is InChI=1S/C13H25N3OS/c1-13(2,3)11-10-14-12(18)16(11)7-9-17-8-6-15(4)5/h10H,6-9H2,1-5H3,(H,14,18). The summed E-state index contributed by atoms with van der Waals surface area (Å²) in [7, 11) is 4.09. The Hall–Kier alpha value is -0.650. The van der Waals surface area contributed by atoms with Crippen molar-refractivity contribution in [3.8, 4) is 0 Å². The van der Waals surface area contributed by atoms with E-state index >= 15 is 0 Å². The number of H-pyrrole nitrogens is 1. The predicted octanol–water partition coefficient (Wildman–Crippen LogP) is 2.42. The Morgan fingerprint density at radius 2 is 2.00 bits per heavy atom. The summed E-state index contributed by atoms with van der Waals surface area (Å²) in [4.78, 5) is 5.23. The van der Waals surface area contributed by atoms with Gasteiger partial charge in [-0.1, -0.05) is 20.8 Å². The number of hydrogen-bond donors (Lipinski definition) is 1. The molecule has 104 valence electrons. The molecular weight excluding hydrogens is 246 g/mol. The van der Waals surface area contributed by atoms with Gasteiger partial charge in [0, 0.05) is 30.4 Å². The van der Waals surface area contributed by atoms with E-state index in [9.17, 15) is 0 Å². The Bertz CT molecular complexity index is 415. The third-order valence-electron chi connectivity index (χ3n) is 2.78. The van der Waals surface area contributed by atoms with E-state index in [1.807, 2.05) is 20.3 Å². The highest BCUT2D eigenvalue weighted by atomic mass is 32.1. The molecule has 1 heterocycles. The van der Waals surface area contributed by atoms with Crippen LogP contribution >= 0.6 is 12.2 Å². The lowest BCUT2D eigenvalue weighted by molar-refractivity contribution is 0.110. The maximum Gasteiger partial charge on any atom is 0.177 e. The first-order chi connectivity index (χ1) is 8.32. The number of nitrogens with zero attached hydrogens (tertiary/aromatic N) is 2. The number of rotatable bonds is 6. The molecular formula is C13H25N3OS. The number of hydrogen-bond acceptors (Lipinski definition) is 3. The second-order valence-electron chi connectivity index (χ2n) is 5.80. The lowest BCUT2D eigenvalue weighted by Gasteiger charge is -2.20. The van der Waals surface area contributed by atoms with Gasteiger partial charge < -0.3 is 19.2 Å². The van der Waals surface area contributed by atoms with Crippen LogP contribution in [-0.4, -0.2) is 48.3 Å². The lowest BCUT2D eigenvalue weighted by Crippen LogP contribution is -2.21. The van der Waals surface area contributed by atoms with E-state index in [4.69, 9.17) is 17.0 Å². The molecule has 18 heavy (non-hydrogen) atoms. The molecule has 0 atom stereocenters. The molecule has 1 aromatic heterocycles. The van der Waals surface area contributed by atoms with Gasteiger partial charge in [0.25, 0.3) is 0 Å². The van der Waals surface area contributed by atoms with Crippen molar-refractivity contribution >= 4 is 12.2 Å². The van der Waals surface area contributed by atoms with Crippen molar-refractivity contribution in [2.24, 2.45) is 0 Å². The van der Waals surface area contributed by atoms with Gasteiger partial charge in [-0.15, -0.1) is 0 Å². The minimum Gasteiger partial charge on any atom is -0.378 e. The van der Waals surface area contributed by atoms with Gasteiger partial charge in [-0.05, 0) is 26.3 Å². The van der Waals surface area contributed by atoms with Crippen molar-refractivity contribution < 1.29 is 4.74 Å². The molecule has 0 saturated carbocycles. The van der Waals surface area contributed by atoms with Gasteiger partial charge in [-0.25, -0.2) is 0 Å². The van der Waals surface area contributed by atoms with Crippen molar-refractivity contribution in [1.29, 1.82) is 0 Å². The zero-order valence-corrected chi connectivity index (χ0v) is 12.9. The summed E-state index contributed by atoms with van der Waals surface area (Å²) in [6.07, 6.45) is 2.00. The monoisotopic (exact) mass is 271 g/mol. The third kappa shape index (κ3) is 4.55. The minimum absolute atomic E-state index is 0.0944. The molecule has 0 aliphatic rings. The second-order valence-corrected chi connectivity index (χ2v) is 6.18. The summed E-state index contributed by atoms with van der Waals surface area (Å²) in [5, 5.41) is 0. The van der Waals surface area contributed by atoms with Crippen LogP contribution in [-0.2, 0) is 16.7 Å². The summed E-state index contributed by atoms with van der Waals surface area (Å²) in [5.74, 6) is 0. The normalized spacial score (nSPS) is 12.3. The summed E-state index contributed by atoms with van der Waals surface area (Å²) in [6.45, 7) is 9.78. The second kappa shape index (κ2) is 6.50. The average Bonchev–Trinajstić information content (AvgIpc) is 2.59. The molecule has 0 aliphatic heterocycles. The van der Waals surface area contributed by atoms with E-state index in [1.165, 1.54) is 5.69 Å². The number of aromatic nitrogens is 2. The fraction of sp³-hybridized carbons (Fsp3) is 0.769. The summed E-state index contributed by atoms with van der Waals surface area (Å²) < 4.78 is 8.52. The van der Waals surface area contributed by atoms with Crippen LogP contribution in [0, 0.1) is 4.77 Å². The molecule has 0 amide bonds. The zero-order chi connectivity index (χ0) is 13.8. The van der Waals surface area contributed by atoms with Crippen molar-refractivity contribution in [2.75, 3.05) is 33.9 Å². The highest BCUT2D eigenvalue weighted by Crippen LogP contribution is 2.22. The van der Waals surface area contributed by atoms with Crippen LogP contribution in [0.3, 0.4) is 0 Å². The smallest absolute Gasteiger partial charge is 0.177 e. The zero-order valence-electron chi connectivity index (χ0n) is 12.1. The Labute approximate surface area is 115 Å². The van der Waals surface area contributed by atoms with Gasteiger partial charge in [0.1, 0.15) is 0 Å². The third-order valence-corrected chi connectivity index (χ3v) is 3.12. The van der Waals surface area contributed by atoms with E-state index in [0.717, 1.165) is 24.5 Å². The molecule has 1 N–H and O–H groups in total. The summed E-state index contributed by atoms with van der Waals surface area (Å²) in [5.41, 5.74) is 1.32. The first-order valence-electron chi connectivity index (χ1n) is 6.33. The van der Waals surface area contributed by atoms with Crippen LogP contribution < -0.4 is 0 Å². The largest absolute Gasteiger partial charge is 0.378 e. The van der Waals surface area contributed by atoms with Gasteiger partial charge >= 0.3 is 0 Å². The fourth-order valence-corrected chi connectivity index (χ4v) is 1.99. The van der Waals surface area contributed by atoms with Crippen LogP contribution in [0.2, 0.25) is 0 Å². The molecule has 0 fully saturated rings. The van der Waals surface area contributed by atoms with Crippen LogP contribution in [0.25, 0.3) is 0 Å². The molecule has 5 heteroatoms. The van der Waals surface area contributed by atoms with Crippen molar-refractivity contribution in [2.45, 2.75) is 32.7 Å². The van der Waals surface area contributed by atoms with Crippen molar-refractivity contribution in [1.82, 2.24) is 14.5 Å². The lowest BCUT2D eigenvalue weighted by atomic mass is 9.93. The van der Waals surface area contributed by atoms with E-state index in [1.54, 1.807) is 0 Å².